The molecule has 0 aliphatic carbocycles. The molecule has 1 amide bonds. The van der Waals surface area contributed by atoms with E-state index in [-0.39, 0.29) is 11.7 Å². The van der Waals surface area contributed by atoms with Crippen LogP contribution in [0.25, 0.3) is 0 Å². The molecule has 0 saturated carbocycles. The van der Waals surface area contributed by atoms with Crippen molar-refractivity contribution in [1.82, 2.24) is 14.8 Å². The fourth-order valence-electron chi connectivity index (χ4n) is 2.16. The Morgan fingerprint density at radius 1 is 1.39 bits per heavy atom. The van der Waals surface area contributed by atoms with Gasteiger partial charge in [-0.1, -0.05) is 50.2 Å². The van der Waals surface area contributed by atoms with Gasteiger partial charge in [0.1, 0.15) is 5.82 Å². The first-order valence-corrected chi connectivity index (χ1v) is 8.99. The van der Waals surface area contributed by atoms with Crippen LogP contribution in [0.2, 0.25) is 5.02 Å². The van der Waals surface area contributed by atoms with Crippen LogP contribution in [0.3, 0.4) is 0 Å². The average molecular weight is 353 g/mol. The van der Waals surface area contributed by atoms with Crippen LogP contribution >= 0.6 is 23.4 Å². The first-order chi connectivity index (χ1) is 11.0. The van der Waals surface area contributed by atoms with Crippen molar-refractivity contribution in [2.75, 3.05) is 11.1 Å². The molecule has 0 unspecified atom stereocenters. The molecule has 0 fully saturated rings. The second kappa shape index (κ2) is 8.36. The van der Waals surface area contributed by atoms with Gasteiger partial charge in [-0.25, -0.2) is 0 Å². The van der Waals surface area contributed by atoms with Crippen molar-refractivity contribution in [3.63, 3.8) is 0 Å². The summed E-state index contributed by atoms with van der Waals surface area (Å²) in [7, 11) is 0. The van der Waals surface area contributed by atoms with Crippen LogP contribution in [-0.4, -0.2) is 26.4 Å². The Morgan fingerprint density at radius 3 is 2.83 bits per heavy atom. The first kappa shape index (κ1) is 17.8. The van der Waals surface area contributed by atoms with Gasteiger partial charge >= 0.3 is 0 Å². The third-order valence-electron chi connectivity index (χ3n) is 3.15. The van der Waals surface area contributed by atoms with Gasteiger partial charge in [-0.15, -0.1) is 10.2 Å². The molecule has 0 aliphatic rings. The number of aromatic nitrogens is 3. The van der Waals surface area contributed by atoms with Gasteiger partial charge in [0.25, 0.3) is 0 Å². The van der Waals surface area contributed by atoms with E-state index in [4.69, 9.17) is 11.6 Å². The molecule has 0 atom stereocenters. The van der Waals surface area contributed by atoms with E-state index in [0.717, 1.165) is 23.9 Å². The highest BCUT2D eigenvalue weighted by molar-refractivity contribution is 7.99. The van der Waals surface area contributed by atoms with E-state index in [1.54, 1.807) is 18.2 Å². The van der Waals surface area contributed by atoms with E-state index in [0.29, 0.717) is 16.6 Å². The lowest BCUT2D eigenvalue weighted by Gasteiger charge is -2.10. The zero-order valence-corrected chi connectivity index (χ0v) is 15.1. The molecule has 1 aromatic heterocycles. The molecule has 1 N–H and O–H groups in total. The summed E-state index contributed by atoms with van der Waals surface area (Å²) in [6.07, 6.45) is 1.00. The van der Waals surface area contributed by atoms with Crippen LogP contribution in [0.5, 0.6) is 0 Å². The van der Waals surface area contributed by atoms with Gasteiger partial charge in [0.15, 0.2) is 5.16 Å². The smallest absolute Gasteiger partial charge is 0.234 e. The van der Waals surface area contributed by atoms with Crippen LogP contribution in [0, 0.1) is 0 Å². The van der Waals surface area contributed by atoms with Crippen molar-refractivity contribution in [2.24, 2.45) is 0 Å². The number of carbonyl (C=O) groups is 1. The first-order valence-electron chi connectivity index (χ1n) is 7.62. The predicted molar refractivity (Wildman–Crippen MR) is 95.2 cm³/mol. The molecule has 0 aliphatic heterocycles. The average Bonchev–Trinajstić information content (AvgIpc) is 2.89. The normalized spacial score (nSPS) is 11.0. The number of nitrogens with one attached hydrogen (secondary N) is 1. The van der Waals surface area contributed by atoms with Gasteiger partial charge in [-0.3, -0.25) is 4.79 Å². The van der Waals surface area contributed by atoms with Crippen molar-refractivity contribution in [2.45, 2.75) is 44.8 Å². The van der Waals surface area contributed by atoms with Crippen molar-refractivity contribution >= 4 is 35.0 Å². The van der Waals surface area contributed by atoms with Crippen LogP contribution in [0.1, 0.15) is 38.9 Å². The highest BCUT2D eigenvalue weighted by Gasteiger charge is 2.15. The number of rotatable bonds is 7. The SMILES string of the molecule is CCCn1c(SCC(=O)Nc2cccc(Cl)c2)nnc1C(C)C. The summed E-state index contributed by atoms with van der Waals surface area (Å²) in [5, 5.41) is 12.7. The summed E-state index contributed by atoms with van der Waals surface area (Å²) in [5.74, 6) is 1.47. The largest absolute Gasteiger partial charge is 0.325 e. The Morgan fingerprint density at radius 2 is 2.17 bits per heavy atom. The number of carbonyl (C=O) groups excluding carboxylic acids is 1. The number of benzene rings is 1. The molecule has 0 spiro atoms. The zero-order valence-electron chi connectivity index (χ0n) is 13.5. The van der Waals surface area contributed by atoms with E-state index in [9.17, 15) is 4.79 Å². The molecule has 1 aromatic carbocycles. The highest BCUT2D eigenvalue weighted by atomic mass is 35.5. The maximum absolute atomic E-state index is 12.1. The Kier molecular flexibility index (Phi) is 6.47. The number of amides is 1. The molecule has 0 radical (unpaired) electrons. The Bertz CT molecular complexity index is 672. The van der Waals surface area contributed by atoms with Gasteiger partial charge in [-0.2, -0.15) is 0 Å². The fourth-order valence-corrected chi connectivity index (χ4v) is 3.12. The fraction of sp³-hybridized carbons (Fsp3) is 0.438. The summed E-state index contributed by atoms with van der Waals surface area (Å²) in [6.45, 7) is 7.16. The molecule has 23 heavy (non-hydrogen) atoms. The minimum absolute atomic E-state index is 0.0885. The summed E-state index contributed by atoms with van der Waals surface area (Å²) < 4.78 is 2.10. The molecule has 124 valence electrons. The summed E-state index contributed by atoms with van der Waals surface area (Å²) in [5.41, 5.74) is 0.695. The second-order valence-corrected chi connectivity index (χ2v) is 6.87. The number of hydrogen-bond donors (Lipinski definition) is 1. The number of thioether (sulfide) groups is 1. The van der Waals surface area contributed by atoms with E-state index in [1.807, 2.05) is 6.07 Å². The molecule has 5 nitrogen and oxygen atoms in total. The number of anilines is 1. The number of hydrogen-bond acceptors (Lipinski definition) is 4. The number of halogens is 1. The van der Waals surface area contributed by atoms with E-state index in [1.165, 1.54) is 11.8 Å². The van der Waals surface area contributed by atoms with Crippen LogP contribution < -0.4 is 5.32 Å². The van der Waals surface area contributed by atoms with Gasteiger partial charge in [0.05, 0.1) is 5.75 Å². The van der Waals surface area contributed by atoms with Crippen LogP contribution in [-0.2, 0) is 11.3 Å². The highest BCUT2D eigenvalue weighted by Crippen LogP contribution is 2.22. The molecular weight excluding hydrogens is 332 g/mol. The van der Waals surface area contributed by atoms with E-state index in [2.05, 4.69) is 40.9 Å². The quantitative estimate of drug-likeness (QED) is 0.759. The standard InChI is InChI=1S/C16H21ClN4OS/c1-4-8-21-15(11(2)3)19-20-16(21)23-10-14(22)18-13-7-5-6-12(17)9-13/h5-7,9,11H,4,8,10H2,1-3H3,(H,18,22). The Balaban J connectivity index is 1.98. The van der Waals surface area contributed by atoms with Gasteiger partial charge in [-0.05, 0) is 24.6 Å². The van der Waals surface area contributed by atoms with Gasteiger partial charge in [0.2, 0.25) is 5.91 Å². The Hall–Kier alpha value is -1.53. The maximum atomic E-state index is 12.1. The minimum atomic E-state index is -0.0885. The zero-order chi connectivity index (χ0) is 16.8. The molecular formula is C16H21ClN4OS. The van der Waals surface area contributed by atoms with Crippen LogP contribution in [0.15, 0.2) is 29.4 Å². The van der Waals surface area contributed by atoms with Crippen LogP contribution in [0.4, 0.5) is 5.69 Å². The lowest BCUT2D eigenvalue weighted by atomic mass is 10.2. The Labute approximate surface area is 145 Å². The third kappa shape index (κ3) is 4.97. The topological polar surface area (TPSA) is 59.8 Å². The van der Waals surface area contributed by atoms with Gasteiger partial charge < -0.3 is 9.88 Å². The summed E-state index contributed by atoms with van der Waals surface area (Å²) >= 11 is 7.31. The monoisotopic (exact) mass is 352 g/mol. The summed E-state index contributed by atoms with van der Waals surface area (Å²) in [6, 6.07) is 7.11. The molecule has 1 heterocycles. The van der Waals surface area contributed by atoms with Gasteiger partial charge in [0, 0.05) is 23.2 Å². The lowest BCUT2D eigenvalue weighted by molar-refractivity contribution is -0.113. The van der Waals surface area contributed by atoms with Crippen molar-refractivity contribution < 1.29 is 4.79 Å². The maximum Gasteiger partial charge on any atom is 0.234 e. The molecule has 7 heteroatoms. The molecule has 0 bridgehead atoms. The number of nitrogens with zero attached hydrogens (tertiary/aromatic N) is 3. The lowest BCUT2D eigenvalue weighted by Crippen LogP contribution is -2.15. The third-order valence-corrected chi connectivity index (χ3v) is 4.35. The minimum Gasteiger partial charge on any atom is -0.325 e. The molecule has 2 aromatic rings. The molecule has 2 rings (SSSR count). The van der Waals surface area contributed by atoms with E-state index >= 15 is 0 Å². The molecule has 0 saturated heterocycles. The van der Waals surface area contributed by atoms with E-state index < -0.39 is 0 Å². The summed E-state index contributed by atoms with van der Waals surface area (Å²) in [4.78, 5) is 12.1. The van der Waals surface area contributed by atoms with Crippen molar-refractivity contribution in [1.29, 1.82) is 0 Å². The van der Waals surface area contributed by atoms with Crippen molar-refractivity contribution in [3.8, 4) is 0 Å². The second-order valence-electron chi connectivity index (χ2n) is 5.49. The van der Waals surface area contributed by atoms with Crippen molar-refractivity contribution in [3.05, 3.63) is 35.1 Å². The predicted octanol–water partition coefficient (Wildman–Crippen LogP) is 4.20.